The Morgan fingerprint density at radius 1 is 1.15 bits per heavy atom. The van der Waals surface area contributed by atoms with Gasteiger partial charge in [-0.15, -0.1) is 0 Å². The summed E-state index contributed by atoms with van der Waals surface area (Å²) < 4.78 is 5.11. The lowest BCUT2D eigenvalue weighted by Gasteiger charge is -2.08. The van der Waals surface area contributed by atoms with Crippen LogP contribution in [-0.4, -0.2) is 11.9 Å². The number of benzene rings is 1. The fourth-order valence-corrected chi connectivity index (χ4v) is 1.65. The van der Waals surface area contributed by atoms with Crippen LogP contribution in [-0.2, 0) is 0 Å². The lowest BCUT2D eigenvalue weighted by atomic mass is 10.3. The number of halogens is 1. The predicted molar refractivity (Wildman–Crippen MR) is 74.5 cm³/mol. The molecule has 0 aliphatic rings. The van der Waals surface area contributed by atoms with Crippen molar-refractivity contribution in [2.24, 2.45) is 0 Å². The Morgan fingerprint density at radius 2 is 1.95 bits per heavy atom. The molecule has 20 heavy (non-hydrogen) atoms. The van der Waals surface area contributed by atoms with E-state index in [1.54, 1.807) is 37.3 Å². The van der Waals surface area contributed by atoms with Crippen LogP contribution in [0.15, 0.2) is 40.8 Å². The van der Waals surface area contributed by atoms with E-state index < -0.39 is 11.9 Å². The van der Waals surface area contributed by atoms with Crippen LogP contribution in [0.1, 0.15) is 16.3 Å². The van der Waals surface area contributed by atoms with Crippen LogP contribution in [0.4, 0.5) is 10.5 Å². The summed E-state index contributed by atoms with van der Waals surface area (Å²) in [4.78, 5) is 23.2. The fraction of sp³-hybridized carbons (Fsp3) is 0.0769. The van der Waals surface area contributed by atoms with Gasteiger partial charge in [-0.25, -0.2) is 10.2 Å². The van der Waals surface area contributed by atoms with Crippen LogP contribution in [0.5, 0.6) is 0 Å². The molecule has 3 N–H and O–H groups in total. The quantitative estimate of drug-likeness (QED) is 0.744. The van der Waals surface area contributed by atoms with Crippen molar-refractivity contribution in [3.05, 3.63) is 52.9 Å². The van der Waals surface area contributed by atoms with Crippen LogP contribution in [0.25, 0.3) is 0 Å². The number of carbonyl (C=O) groups excluding carboxylic acids is 2. The van der Waals surface area contributed by atoms with E-state index in [0.29, 0.717) is 16.5 Å². The first-order valence-electron chi connectivity index (χ1n) is 5.74. The van der Waals surface area contributed by atoms with E-state index in [2.05, 4.69) is 16.2 Å². The molecule has 1 heterocycles. The van der Waals surface area contributed by atoms with Gasteiger partial charge < -0.3 is 9.73 Å². The molecule has 0 bridgehead atoms. The number of carbonyl (C=O) groups is 2. The number of hydrogen-bond acceptors (Lipinski definition) is 3. The normalized spacial score (nSPS) is 9.90. The first-order valence-corrected chi connectivity index (χ1v) is 6.12. The first kappa shape index (κ1) is 14.0. The molecule has 2 aromatic rings. The first-order chi connectivity index (χ1) is 9.54. The number of hydrazine groups is 1. The molecule has 0 fully saturated rings. The molecule has 0 unspecified atom stereocenters. The van der Waals surface area contributed by atoms with Crippen molar-refractivity contribution in [2.45, 2.75) is 6.92 Å². The van der Waals surface area contributed by atoms with E-state index in [-0.39, 0.29) is 5.76 Å². The molecule has 0 saturated heterocycles. The average Bonchev–Trinajstić information content (AvgIpc) is 2.83. The second-order valence-corrected chi connectivity index (χ2v) is 4.39. The van der Waals surface area contributed by atoms with Gasteiger partial charge >= 0.3 is 11.9 Å². The second kappa shape index (κ2) is 6.12. The summed E-state index contributed by atoms with van der Waals surface area (Å²) in [5, 5.41) is 3.01. The van der Waals surface area contributed by atoms with Crippen molar-refractivity contribution in [2.75, 3.05) is 5.32 Å². The van der Waals surface area contributed by atoms with Gasteiger partial charge in [0.2, 0.25) is 0 Å². The van der Waals surface area contributed by atoms with Crippen molar-refractivity contribution < 1.29 is 14.0 Å². The number of nitrogens with one attached hydrogen (secondary N) is 3. The second-order valence-electron chi connectivity index (χ2n) is 3.95. The zero-order valence-corrected chi connectivity index (χ0v) is 11.3. The standard InChI is InChI=1S/C13H12ClN3O3/c1-8-5-6-11(20-8)12(18)16-17-13(19)15-10-4-2-3-9(14)7-10/h2-7H,1H3,(H,16,18)(H2,15,17,19). The minimum Gasteiger partial charge on any atom is -0.456 e. The van der Waals surface area contributed by atoms with Crippen LogP contribution < -0.4 is 16.2 Å². The van der Waals surface area contributed by atoms with Crippen molar-refractivity contribution in [1.29, 1.82) is 0 Å². The van der Waals surface area contributed by atoms with E-state index in [1.165, 1.54) is 6.07 Å². The maximum Gasteiger partial charge on any atom is 0.337 e. The monoisotopic (exact) mass is 293 g/mol. The molecule has 0 aliphatic heterocycles. The van der Waals surface area contributed by atoms with Crippen LogP contribution in [0.3, 0.4) is 0 Å². The van der Waals surface area contributed by atoms with Gasteiger partial charge in [-0.05, 0) is 37.3 Å². The third kappa shape index (κ3) is 3.76. The zero-order valence-electron chi connectivity index (χ0n) is 10.6. The topological polar surface area (TPSA) is 83.4 Å². The summed E-state index contributed by atoms with van der Waals surface area (Å²) in [6.45, 7) is 1.72. The fourth-order valence-electron chi connectivity index (χ4n) is 1.46. The largest absolute Gasteiger partial charge is 0.456 e. The number of furan rings is 1. The van der Waals surface area contributed by atoms with E-state index in [1.807, 2.05) is 0 Å². The SMILES string of the molecule is Cc1ccc(C(=O)NNC(=O)Nc2cccc(Cl)c2)o1. The molecular formula is C13H12ClN3O3. The number of hydrogen-bond donors (Lipinski definition) is 3. The predicted octanol–water partition coefficient (Wildman–Crippen LogP) is 2.71. The molecule has 0 atom stereocenters. The van der Waals surface area contributed by atoms with Crippen molar-refractivity contribution in [3.63, 3.8) is 0 Å². The highest BCUT2D eigenvalue weighted by Gasteiger charge is 2.10. The van der Waals surface area contributed by atoms with Gasteiger partial charge in [0.15, 0.2) is 5.76 Å². The Bertz CT molecular complexity index is 639. The van der Waals surface area contributed by atoms with E-state index in [4.69, 9.17) is 16.0 Å². The van der Waals surface area contributed by atoms with Gasteiger partial charge in [0.25, 0.3) is 0 Å². The minimum absolute atomic E-state index is 0.116. The molecule has 7 heteroatoms. The Morgan fingerprint density at radius 3 is 2.60 bits per heavy atom. The number of amides is 3. The number of aryl methyl sites for hydroxylation is 1. The van der Waals surface area contributed by atoms with E-state index in [0.717, 1.165) is 0 Å². The molecule has 104 valence electrons. The Hall–Kier alpha value is -2.47. The molecule has 1 aromatic carbocycles. The highest BCUT2D eigenvalue weighted by atomic mass is 35.5. The van der Waals surface area contributed by atoms with Crippen molar-refractivity contribution in [3.8, 4) is 0 Å². The maximum absolute atomic E-state index is 11.6. The zero-order chi connectivity index (χ0) is 14.5. The number of urea groups is 1. The highest BCUT2D eigenvalue weighted by molar-refractivity contribution is 6.30. The summed E-state index contributed by atoms with van der Waals surface area (Å²) in [6.07, 6.45) is 0. The lowest BCUT2D eigenvalue weighted by molar-refractivity contribution is 0.0909. The summed E-state index contributed by atoms with van der Waals surface area (Å²) in [6, 6.07) is 9.21. The maximum atomic E-state index is 11.6. The lowest BCUT2D eigenvalue weighted by Crippen LogP contribution is -2.43. The molecular weight excluding hydrogens is 282 g/mol. The number of rotatable bonds is 2. The van der Waals surface area contributed by atoms with Gasteiger partial charge in [0.1, 0.15) is 5.76 Å². The van der Waals surface area contributed by atoms with Crippen molar-refractivity contribution >= 4 is 29.2 Å². The Labute approximate surface area is 120 Å². The smallest absolute Gasteiger partial charge is 0.337 e. The average molecular weight is 294 g/mol. The third-order valence-electron chi connectivity index (χ3n) is 2.34. The van der Waals surface area contributed by atoms with Gasteiger partial charge in [0.05, 0.1) is 0 Å². The summed E-state index contributed by atoms with van der Waals surface area (Å²) in [7, 11) is 0. The molecule has 2 rings (SSSR count). The van der Waals surface area contributed by atoms with E-state index in [9.17, 15) is 9.59 Å². The molecule has 1 aromatic heterocycles. The molecule has 6 nitrogen and oxygen atoms in total. The third-order valence-corrected chi connectivity index (χ3v) is 2.57. The van der Waals surface area contributed by atoms with E-state index >= 15 is 0 Å². The molecule has 0 saturated carbocycles. The molecule has 0 aliphatic carbocycles. The van der Waals surface area contributed by atoms with Gasteiger partial charge in [-0.3, -0.25) is 10.2 Å². The Balaban J connectivity index is 1.85. The van der Waals surface area contributed by atoms with Gasteiger partial charge in [-0.2, -0.15) is 0 Å². The minimum atomic E-state index is -0.594. The van der Waals surface area contributed by atoms with Crippen molar-refractivity contribution in [1.82, 2.24) is 10.9 Å². The Kier molecular flexibility index (Phi) is 4.27. The number of anilines is 1. The summed E-state index contributed by atoms with van der Waals surface area (Å²) in [5.74, 6) is 0.184. The van der Waals surface area contributed by atoms with Crippen LogP contribution in [0, 0.1) is 6.92 Å². The highest BCUT2D eigenvalue weighted by Crippen LogP contribution is 2.14. The molecule has 0 spiro atoms. The molecule has 0 radical (unpaired) electrons. The summed E-state index contributed by atoms with van der Waals surface area (Å²) >= 11 is 5.78. The summed E-state index contributed by atoms with van der Waals surface area (Å²) in [5.41, 5.74) is 4.94. The van der Waals surface area contributed by atoms with Gasteiger partial charge in [0, 0.05) is 10.7 Å². The molecule has 3 amide bonds. The van der Waals surface area contributed by atoms with Crippen LogP contribution in [0.2, 0.25) is 5.02 Å². The van der Waals surface area contributed by atoms with Gasteiger partial charge in [-0.1, -0.05) is 17.7 Å². The van der Waals surface area contributed by atoms with Crippen LogP contribution >= 0.6 is 11.6 Å².